The van der Waals surface area contributed by atoms with Gasteiger partial charge in [-0.25, -0.2) is 0 Å². The molecule has 0 N–H and O–H groups in total. The molecule has 0 saturated carbocycles. The molecule has 1 fully saturated rings. The van der Waals surface area contributed by atoms with Crippen molar-refractivity contribution in [2.24, 2.45) is 0 Å². The Morgan fingerprint density at radius 2 is 1.94 bits per heavy atom. The van der Waals surface area contributed by atoms with Gasteiger partial charge in [0.2, 0.25) is 5.76 Å². The highest BCUT2D eigenvalue weighted by Crippen LogP contribution is 2.39. The molecular weight excluding hydrogens is 500 g/mol. The molecule has 0 aliphatic carbocycles. The molecule has 0 bridgehead atoms. The van der Waals surface area contributed by atoms with Gasteiger partial charge in [0.05, 0.1) is 30.2 Å². The third-order valence-electron chi connectivity index (χ3n) is 6.23. The maximum absolute atomic E-state index is 13.7. The van der Waals surface area contributed by atoms with Gasteiger partial charge in [-0.2, -0.15) is 0 Å². The van der Waals surface area contributed by atoms with Crippen LogP contribution in [0.4, 0.5) is 0 Å². The van der Waals surface area contributed by atoms with E-state index in [1.54, 1.807) is 29.2 Å². The lowest BCUT2D eigenvalue weighted by atomic mass is 9.98. The number of amides is 1. The third-order valence-corrected chi connectivity index (χ3v) is 6.72. The third kappa shape index (κ3) is 4.29. The molecule has 34 heavy (non-hydrogen) atoms. The van der Waals surface area contributed by atoms with Gasteiger partial charge in [-0.05, 0) is 35.9 Å². The van der Waals surface area contributed by atoms with E-state index < -0.39 is 6.04 Å². The maximum atomic E-state index is 13.7. The first kappa shape index (κ1) is 22.8. The Labute approximate surface area is 205 Å². The van der Waals surface area contributed by atoms with Gasteiger partial charge in [-0.3, -0.25) is 14.5 Å². The molecule has 8 heteroatoms. The molecule has 1 saturated heterocycles. The van der Waals surface area contributed by atoms with Crippen molar-refractivity contribution in [2.45, 2.75) is 6.04 Å². The average Bonchev–Trinajstić information content (AvgIpc) is 3.14. The van der Waals surface area contributed by atoms with Crippen molar-refractivity contribution in [2.75, 3.05) is 46.0 Å². The summed E-state index contributed by atoms with van der Waals surface area (Å²) in [6, 6.07) is 12.2. The highest BCUT2D eigenvalue weighted by molar-refractivity contribution is 9.10. The summed E-state index contributed by atoms with van der Waals surface area (Å²) >= 11 is 3.44. The normalized spacial score (nSPS) is 18.3. The molecule has 0 spiro atoms. The van der Waals surface area contributed by atoms with Crippen molar-refractivity contribution in [1.29, 1.82) is 0 Å². The Bertz CT molecular complexity index is 1300. The molecule has 3 aromatic rings. The Hall–Kier alpha value is -2.94. The fourth-order valence-electron chi connectivity index (χ4n) is 4.57. The van der Waals surface area contributed by atoms with Crippen molar-refractivity contribution in [1.82, 2.24) is 9.80 Å². The zero-order valence-electron chi connectivity index (χ0n) is 18.7. The fourth-order valence-corrected chi connectivity index (χ4v) is 4.93. The zero-order valence-corrected chi connectivity index (χ0v) is 20.3. The predicted octanol–water partition coefficient (Wildman–Crippen LogP) is 4.00. The molecule has 1 aromatic heterocycles. The summed E-state index contributed by atoms with van der Waals surface area (Å²) in [5.41, 5.74) is 1.38. The van der Waals surface area contributed by atoms with Crippen LogP contribution in [0.3, 0.4) is 0 Å². The summed E-state index contributed by atoms with van der Waals surface area (Å²) in [5, 5.41) is 0.444. The van der Waals surface area contributed by atoms with E-state index in [1.807, 2.05) is 24.3 Å². The molecule has 7 nitrogen and oxygen atoms in total. The number of carbonyl (C=O) groups is 1. The van der Waals surface area contributed by atoms with E-state index in [1.165, 1.54) is 0 Å². The highest BCUT2D eigenvalue weighted by atomic mass is 79.9. The molecule has 1 amide bonds. The maximum Gasteiger partial charge on any atom is 0.290 e. The van der Waals surface area contributed by atoms with E-state index in [0.29, 0.717) is 55.2 Å². The molecule has 176 valence electrons. The second-order valence-electron chi connectivity index (χ2n) is 8.34. The van der Waals surface area contributed by atoms with Gasteiger partial charge >= 0.3 is 0 Å². The number of benzene rings is 2. The number of nitrogens with zero attached hydrogens (tertiary/aromatic N) is 2. The monoisotopic (exact) mass is 524 g/mol. The minimum Gasteiger partial charge on any atom is -0.490 e. The van der Waals surface area contributed by atoms with Crippen LogP contribution in [0, 0.1) is 0 Å². The van der Waals surface area contributed by atoms with Crippen LogP contribution in [0.1, 0.15) is 27.7 Å². The lowest BCUT2D eigenvalue weighted by molar-refractivity contribution is 0.0314. The second kappa shape index (κ2) is 9.74. The largest absolute Gasteiger partial charge is 0.490 e. The van der Waals surface area contributed by atoms with Crippen molar-refractivity contribution in [3.8, 4) is 5.75 Å². The Kier molecular flexibility index (Phi) is 6.54. The molecule has 5 rings (SSSR count). The van der Waals surface area contributed by atoms with Crippen LogP contribution in [0.2, 0.25) is 0 Å². The number of hydrogen-bond acceptors (Lipinski definition) is 6. The van der Waals surface area contributed by atoms with E-state index in [9.17, 15) is 9.59 Å². The number of hydrogen-bond donors (Lipinski definition) is 0. The lowest BCUT2D eigenvalue weighted by Gasteiger charge is -2.31. The average molecular weight is 525 g/mol. The van der Waals surface area contributed by atoms with Crippen LogP contribution in [-0.2, 0) is 4.74 Å². The SMILES string of the molecule is C=CCOc1cccc(C2c3c(oc4ccc(Br)cc4c3=O)C(=O)N2CCN2CCOCC2)c1. The molecular formula is C26H25BrN2O5. The van der Waals surface area contributed by atoms with E-state index in [-0.39, 0.29) is 17.1 Å². The van der Waals surface area contributed by atoms with Crippen molar-refractivity contribution >= 4 is 32.8 Å². The van der Waals surface area contributed by atoms with Gasteiger partial charge in [-0.15, -0.1) is 0 Å². The molecule has 1 unspecified atom stereocenters. The van der Waals surface area contributed by atoms with E-state index in [0.717, 1.165) is 23.1 Å². The second-order valence-corrected chi connectivity index (χ2v) is 9.26. The Morgan fingerprint density at radius 3 is 2.74 bits per heavy atom. The van der Waals surface area contributed by atoms with Crippen molar-refractivity contribution in [3.63, 3.8) is 0 Å². The van der Waals surface area contributed by atoms with Crippen molar-refractivity contribution < 1.29 is 18.7 Å². The molecule has 2 aliphatic heterocycles. The van der Waals surface area contributed by atoms with Crippen LogP contribution in [-0.4, -0.2) is 61.7 Å². The van der Waals surface area contributed by atoms with Gasteiger partial charge in [0.15, 0.2) is 5.43 Å². The first-order valence-electron chi connectivity index (χ1n) is 11.3. The summed E-state index contributed by atoms with van der Waals surface area (Å²) in [6.07, 6.45) is 1.67. The van der Waals surface area contributed by atoms with E-state index in [4.69, 9.17) is 13.9 Å². The highest BCUT2D eigenvalue weighted by Gasteiger charge is 2.42. The minimum atomic E-state index is -0.560. The van der Waals surface area contributed by atoms with E-state index >= 15 is 0 Å². The van der Waals surface area contributed by atoms with Gasteiger partial charge in [0.25, 0.3) is 5.91 Å². The van der Waals surface area contributed by atoms with Crippen LogP contribution in [0.15, 0.2) is 68.8 Å². The summed E-state index contributed by atoms with van der Waals surface area (Å²) in [5.74, 6) is 0.496. The zero-order chi connectivity index (χ0) is 23.7. The standard InChI is InChI=1S/C26H25BrN2O5/c1-2-12-33-19-5-3-4-17(15-19)23-22-24(30)20-16-18(27)6-7-21(20)34-25(22)26(31)29(23)9-8-28-10-13-32-14-11-28/h2-7,15-16,23H,1,8-14H2. The summed E-state index contributed by atoms with van der Waals surface area (Å²) < 4.78 is 18.0. The van der Waals surface area contributed by atoms with Gasteiger partial charge in [0.1, 0.15) is 17.9 Å². The number of halogens is 1. The Balaban J connectivity index is 1.59. The molecule has 3 heterocycles. The summed E-state index contributed by atoms with van der Waals surface area (Å²) in [6.45, 7) is 8.21. The molecule has 1 atom stereocenters. The predicted molar refractivity (Wildman–Crippen MR) is 132 cm³/mol. The summed E-state index contributed by atoms with van der Waals surface area (Å²) in [7, 11) is 0. The van der Waals surface area contributed by atoms with Crippen LogP contribution >= 0.6 is 15.9 Å². The van der Waals surface area contributed by atoms with Crippen LogP contribution < -0.4 is 10.2 Å². The number of carbonyl (C=O) groups excluding carboxylic acids is 1. The summed E-state index contributed by atoms with van der Waals surface area (Å²) in [4.78, 5) is 31.3. The quantitative estimate of drug-likeness (QED) is 0.435. The number of rotatable bonds is 7. The first-order chi connectivity index (χ1) is 16.6. The topological polar surface area (TPSA) is 72.2 Å². The van der Waals surface area contributed by atoms with Crippen LogP contribution in [0.5, 0.6) is 5.75 Å². The Morgan fingerprint density at radius 1 is 1.12 bits per heavy atom. The lowest BCUT2D eigenvalue weighted by Crippen LogP contribution is -2.42. The van der Waals surface area contributed by atoms with E-state index in [2.05, 4.69) is 27.4 Å². The van der Waals surface area contributed by atoms with Gasteiger partial charge < -0.3 is 18.8 Å². The number of morpholine rings is 1. The van der Waals surface area contributed by atoms with Gasteiger partial charge in [0, 0.05) is 30.7 Å². The minimum absolute atomic E-state index is 0.115. The number of fused-ring (bicyclic) bond motifs is 2. The first-order valence-corrected chi connectivity index (χ1v) is 12.1. The molecule has 2 aromatic carbocycles. The molecule has 0 radical (unpaired) electrons. The van der Waals surface area contributed by atoms with Crippen LogP contribution in [0.25, 0.3) is 11.0 Å². The van der Waals surface area contributed by atoms with Crippen molar-refractivity contribution in [3.05, 3.63) is 86.7 Å². The molecule has 2 aliphatic rings. The fraction of sp³-hybridized carbons (Fsp3) is 0.308. The van der Waals surface area contributed by atoms with Gasteiger partial charge in [-0.1, -0.05) is 40.7 Å². The smallest absolute Gasteiger partial charge is 0.290 e. The number of ether oxygens (including phenoxy) is 2.